The lowest BCUT2D eigenvalue weighted by Gasteiger charge is -2.29. The summed E-state index contributed by atoms with van der Waals surface area (Å²) in [7, 11) is 0. The van der Waals surface area contributed by atoms with Crippen LogP contribution in [0.15, 0.2) is 28.7 Å². The molecule has 1 aromatic rings. The van der Waals surface area contributed by atoms with Crippen molar-refractivity contribution in [2.75, 3.05) is 13.1 Å². The summed E-state index contributed by atoms with van der Waals surface area (Å²) in [5, 5.41) is 10.1. The standard InChI is InChI=1S/C16H20BrNO3/c1-16(2,3)21-15(20)18-9-7-11(8-10-18)12-5-4-6-13(17)14(12)19/h4-7,19H,8-10H2,1-3H3. The van der Waals surface area contributed by atoms with E-state index in [4.69, 9.17) is 4.74 Å². The Morgan fingerprint density at radius 3 is 2.67 bits per heavy atom. The summed E-state index contributed by atoms with van der Waals surface area (Å²) in [5.74, 6) is 0.245. The van der Waals surface area contributed by atoms with Crippen molar-refractivity contribution in [3.8, 4) is 5.75 Å². The van der Waals surface area contributed by atoms with Gasteiger partial charge in [-0.15, -0.1) is 0 Å². The molecule has 0 spiro atoms. The van der Waals surface area contributed by atoms with Crippen LogP contribution in [0.3, 0.4) is 0 Å². The molecule has 0 bridgehead atoms. The molecule has 0 unspecified atom stereocenters. The van der Waals surface area contributed by atoms with Crippen molar-refractivity contribution >= 4 is 27.6 Å². The molecule has 5 heteroatoms. The van der Waals surface area contributed by atoms with Crippen LogP contribution in [-0.4, -0.2) is 34.8 Å². The van der Waals surface area contributed by atoms with Crippen molar-refractivity contribution in [2.24, 2.45) is 0 Å². The average molecular weight is 354 g/mol. The molecule has 114 valence electrons. The Bertz CT molecular complexity index is 575. The maximum absolute atomic E-state index is 12.0. The molecular formula is C16H20BrNO3. The molecular weight excluding hydrogens is 334 g/mol. The molecule has 0 saturated heterocycles. The van der Waals surface area contributed by atoms with Crippen molar-refractivity contribution in [2.45, 2.75) is 32.8 Å². The smallest absolute Gasteiger partial charge is 0.410 e. The van der Waals surface area contributed by atoms with Crippen molar-refractivity contribution in [1.29, 1.82) is 0 Å². The fourth-order valence-electron chi connectivity index (χ4n) is 2.18. The zero-order valence-electron chi connectivity index (χ0n) is 12.5. The maximum atomic E-state index is 12.0. The summed E-state index contributed by atoms with van der Waals surface area (Å²) in [6, 6.07) is 5.57. The number of ether oxygens (including phenoxy) is 1. The van der Waals surface area contributed by atoms with Crippen LogP contribution >= 0.6 is 15.9 Å². The highest BCUT2D eigenvalue weighted by molar-refractivity contribution is 9.10. The lowest BCUT2D eigenvalue weighted by atomic mass is 9.99. The Kier molecular flexibility index (Phi) is 4.61. The van der Waals surface area contributed by atoms with E-state index in [2.05, 4.69) is 15.9 Å². The fourth-order valence-corrected chi connectivity index (χ4v) is 2.55. The first-order chi connectivity index (χ1) is 9.78. The number of phenols is 1. The molecule has 21 heavy (non-hydrogen) atoms. The number of hydrogen-bond donors (Lipinski definition) is 1. The number of hydrogen-bond acceptors (Lipinski definition) is 3. The van der Waals surface area contributed by atoms with Gasteiger partial charge in [0.15, 0.2) is 0 Å². The van der Waals surface area contributed by atoms with Crippen LogP contribution in [0.5, 0.6) is 5.75 Å². The van der Waals surface area contributed by atoms with E-state index < -0.39 is 5.60 Å². The Balaban J connectivity index is 2.09. The number of nitrogens with zero attached hydrogens (tertiary/aromatic N) is 1. The number of carbonyl (C=O) groups is 1. The molecule has 0 fully saturated rings. The molecule has 4 nitrogen and oxygen atoms in total. The Morgan fingerprint density at radius 1 is 1.38 bits per heavy atom. The zero-order valence-corrected chi connectivity index (χ0v) is 14.1. The van der Waals surface area contributed by atoms with Crippen LogP contribution in [-0.2, 0) is 4.74 Å². The number of benzene rings is 1. The highest BCUT2D eigenvalue weighted by Crippen LogP contribution is 2.34. The van der Waals surface area contributed by atoms with Gasteiger partial charge < -0.3 is 14.7 Å². The van der Waals surface area contributed by atoms with Crippen LogP contribution in [0.1, 0.15) is 32.8 Å². The molecule has 2 rings (SSSR count). The normalized spacial score (nSPS) is 15.6. The molecule has 0 atom stereocenters. The molecule has 1 amide bonds. The quantitative estimate of drug-likeness (QED) is 0.823. The van der Waals surface area contributed by atoms with Crippen molar-refractivity contribution < 1.29 is 14.6 Å². The largest absolute Gasteiger partial charge is 0.506 e. The van der Waals surface area contributed by atoms with Gasteiger partial charge in [-0.1, -0.05) is 18.2 Å². The first-order valence-electron chi connectivity index (χ1n) is 6.93. The molecule has 0 radical (unpaired) electrons. The Hall–Kier alpha value is -1.49. The van der Waals surface area contributed by atoms with Crippen LogP contribution < -0.4 is 0 Å². The summed E-state index contributed by atoms with van der Waals surface area (Å²) >= 11 is 3.32. The second-order valence-electron chi connectivity index (χ2n) is 6.04. The predicted octanol–water partition coefficient (Wildman–Crippen LogP) is 4.18. The van der Waals surface area contributed by atoms with E-state index in [0.717, 1.165) is 11.1 Å². The summed E-state index contributed by atoms with van der Waals surface area (Å²) in [5.41, 5.74) is 1.38. The van der Waals surface area contributed by atoms with Crippen LogP contribution in [0.25, 0.3) is 5.57 Å². The second-order valence-corrected chi connectivity index (χ2v) is 6.90. The van der Waals surface area contributed by atoms with E-state index in [9.17, 15) is 9.90 Å². The molecule has 1 aliphatic heterocycles. The lowest BCUT2D eigenvalue weighted by molar-refractivity contribution is 0.0270. The third kappa shape index (κ3) is 4.00. The maximum Gasteiger partial charge on any atom is 0.410 e. The molecule has 1 N–H and O–H groups in total. The van der Waals surface area contributed by atoms with Gasteiger partial charge in [-0.05, 0) is 54.8 Å². The summed E-state index contributed by atoms with van der Waals surface area (Å²) in [6.45, 7) is 6.66. The van der Waals surface area contributed by atoms with Gasteiger partial charge in [0.05, 0.1) is 4.47 Å². The van der Waals surface area contributed by atoms with Gasteiger partial charge in [-0.25, -0.2) is 4.79 Å². The highest BCUT2D eigenvalue weighted by Gasteiger charge is 2.24. The minimum atomic E-state index is -0.483. The number of aromatic hydroxyl groups is 1. The van der Waals surface area contributed by atoms with E-state index in [1.807, 2.05) is 39.0 Å². The first kappa shape index (κ1) is 15.9. The summed E-state index contributed by atoms with van der Waals surface area (Å²) in [6.07, 6.45) is 2.37. The van der Waals surface area contributed by atoms with Gasteiger partial charge >= 0.3 is 6.09 Å². The molecule has 1 aromatic carbocycles. The van der Waals surface area contributed by atoms with Gasteiger partial charge in [0.1, 0.15) is 11.4 Å². The van der Waals surface area contributed by atoms with Gasteiger partial charge in [0.25, 0.3) is 0 Å². The molecule has 1 aliphatic rings. The Morgan fingerprint density at radius 2 is 2.10 bits per heavy atom. The fraction of sp³-hybridized carbons (Fsp3) is 0.438. The monoisotopic (exact) mass is 353 g/mol. The Labute approximate surface area is 133 Å². The van der Waals surface area contributed by atoms with Gasteiger partial charge in [-0.3, -0.25) is 0 Å². The first-order valence-corrected chi connectivity index (χ1v) is 7.72. The highest BCUT2D eigenvalue weighted by atomic mass is 79.9. The third-order valence-corrected chi connectivity index (χ3v) is 3.83. The molecule has 0 saturated carbocycles. The van der Waals surface area contributed by atoms with Gasteiger partial charge in [-0.2, -0.15) is 0 Å². The predicted molar refractivity (Wildman–Crippen MR) is 86.2 cm³/mol. The van der Waals surface area contributed by atoms with Crippen molar-refractivity contribution in [3.05, 3.63) is 34.3 Å². The number of para-hydroxylation sites is 1. The van der Waals surface area contributed by atoms with Crippen LogP contribution in [0.2, 0.25) is 0 Å². The molecule has 0 aliphatic carbocycles. The minimum Gasteiger partial charge on any atom is -0.506 e. The van der Waals surface area contributed by atoms with Crippen LogP contribution in [0.4, 0.5) is 4.79 Å². The number of rotatable bonds is 1. The van der Waals surface area contributed by atoms with Gasteiger partial charge in [0, 0.05) is 18.7 Å². The molecule has 0 aromatic heterocycles. The van der Waals surface area contributed by atoms with E-state index in [-0.39, 0.29) is 11.8 Å². The van der Waals surface area contributed by atoms with E-state index in [1.165, 1.54) is 0 Å². The van der Waals surface area contributed by atoms with Gasteiger partial charge in [0.2, 0.25) is 0 Å². The number of amides is 1. The average Bonchev–Trinajstić information content (AvgIpc) is 2.40. The number of carbonyl (C=O) groups excluding carboxylic acids is 1. The van der Waals surface area contributed by atoms with Crippen molar-refractivity contribution in [3.63, 3.8) is 0 Å². The van der Waals surface area contributed by atoms with E-state index in [1.54, 1.807) is 11.0 Å². The number of phenolic OH excluding ortho intramolecular Hbond substituents is 1. The van der Waals surface area contributed by atoms with E-state index in [0.29, 0.717) is 24.0 Å². The summed E-state index contributed by atoms with van der Waals surface area (Å²) in [4.78, 5) is 13.7. The third-order valence-electron chi connectivity index (χ3n) is 3.19. The SMILES string of the molecule is CC(C)(C)OC(=O)N1CC=C(c2cccc(Br)c2O)CC1. The molecule has 1 heterocycles. The minimum absolute atomic E-state index is 0.245. The summed E-state index contributed by atoms with van der Waals surface area (Å²) < 4.78 is 6.04. The van der Waals surface area contributed by atoms with Crippen LogP contribution in [0, 0.1) is 0 Å². The number of halogens is 1. The van der Waals surface area contributed by atoms with E-state index >= 15 is 0 Å². The lowest BCUT2D eigenvalue weighted by Crippen LogP contribution is -2.39. The van der Waals surface area contributed by atoms with Crippen molar-refractivity contribution in [1.82, 2.24) is 4.90 Å². The zero-order chi connectivity index (χ0) is 15.6. The topological polar surface area (TPSA) is 49.8 Å². The second kappa shape index (κ2) is 6.10.